The molecule has 0 aliphatic carbocycles. The Labute approximate surface area is 128 Å². The molecule has 2 nitrogen and oxygen atoms in total. The van der Waals surface area contributed by atoms with E-state index in [2.05, 4.69) is 6.92 Å². The quantitative estimate of drug-likeness (QED) is 0.565. The van der Waals surface area contributed by atoms with E-state index in [9.17, 15) is 4.79 Å². The first-order chi connectivity index (χ1) is 4.81. The van der Waals surface area contributed by atoms with Gasteiger partial charge in [0, 0.05) is 75.3 Å². The van der Waals surface area contributed by atoms with E-state index in [-0.39, 0.29) is 74.9 Å². The smallest absolute Gasteiger partial charge is 0.305 e. The number of hydrogen-bond donors (Lipinski definition) is 0. The molecule has 0 saturated heterocycles. The van der Waals surface area contributed by atoms with E-state index in [1.807, 2.05) is 6.92 Å². The molecule has 0 aromatic carbocycles. The summed E-state index contributed by atoms with van der Waals surface area (Å²) in [5, 5.41) is 0. The molecule has 0 aliphatic rings. The molecular weight excluding hydrogens is 261 g/mol. The summed E-state index contributed by atoms with van der Waals surface area (Å²) >= 11 is 0. The molecule has 0 aromatic rings. The number of rotatable bonds is 5. The number of carbonyl (C=O) groups is 1. The van der Waals surface area contributed by atoms with E-state index in [4.69, 9.17) is 4.74 Å². The molecule has 0 bridgehead atoms. The third-order valence-electron chi connectivity index (χ3n) is 1.29. The number of hydrogen-bond acceptors (Lipinski definition) is 2. The van der Waals surface area contributed by atoms with Crippen molar-refractivity contribution in [3.8, 4) is 0 Å². The molecule has 0 heterocycles. The Morgan fingerprint density at radius 3 is 2.36 bits per heavy atom. The second-order valence-electron chi connectivity index (χ2n) is 2.26. The molecule has 1 radical (unpaired) electrons. The van der Waals surface area contributed by atoms with Gasteiger partial charge in [-0.05, 0) is 13.3 Å². The van der Waals surface area contributed by atoms with Gasteiger partial charge < -0.3 is 4.74 Å². The Hall–Kier alpha value is 1.52. The molecule has 0 amide bonds. The van der Waals surface area contributed by atoms with Crippen LogP contribution in [0.25, 0.3) is 0 Å². The van der Waals surface area contributed by atoms with Crippen LogP contribution in [0.4, 0.5) is 0 Å². The van der Waals surface area contributed by atoms with Gasteiger partial charge in [0.15, 0.2) is 0 Å². The predicted molar refractivity (Wildman–Crippen MR) is 46.5 cm³/mol. The predicted octanol–water partition coefficient (Wildman–Crippen LogP) is 1.75. The summed E-state index contributed by atoms with van der Waals surface area (Å²) in [7, 11) is 0. The van der Waals surface area contributed by atoms with Crippen LogP contribution in [0, 0.1) is 0 Å². The van der Waals surface area contributed by atoms with E-state index in [1.54, 1.807) is 0 Å². The minimum absolute atomic E-state index is 0. The maximum Gasteiger partial charge on any atom is 0.305 e. The SMILES string of the molecule is CCCCCC(=O)OCC.[Cs]. The molecule has 0 unspecified atom stereocenters. The summed E-state index contributed by atoms with van der Waals surface area (Å²) in [4.78, 5) is 10.7. The number of esters is 1. The van der Waals surface area contributed by atoms with Crippen molar-refractivity contribution in [1.29, 1.82) is 0 Å². The normalized spacial score (nSPS) is 8.55. The van der Waals surface area contributed by atoms with Crippen molar-refractivity contribution in [3.05, 3.63) is 0 Å². The van der Waals surface area contributed by atoms with Gasteiger partial charge in [-0.3, -0.25) is 4.79 Å². The molecule has 0 rings (SSSR count). The van der Waals surface area contributed by atoms with Gasteiger partial charge in [0.05, 0.1) is 6.61 Å². The zero-order valence-corrected chi connectivity index (χ0v) is 14.1. The fourth-order valence-corrected chi connectivity index (χ4v) is 0.752. The fourth-order valence-electron chi connectivity index (χ4n) is 0.752. The fraction of sp³-hybridized carbons (Fsp3) is 0.875. The summed E-state index contributed by atoms with van der Waals surface area (Å²) in [5.74, 6) is -0.0593. The Morgan fingerprint density at radius 1 is 1.27 bits per heavy atom. The Bertz CT molecular complexity index is 94.1. The van der Waals surface area contributed by atoms with Gasteiger partial charge in [-0.2, -0.15) is 0 Å². The van der Waals surface area contributed by atoms with Gasteiger partial charge in [-0.15, -0.1) is 0 Å². The third-order valence-corrected chi connectivity index (χ3v) is 1.29. The Kier molecular flexibility index (Phi) is 15.7. The molecule has 0 aliphatic heterocycles. The Balaban J connectivity index is 0. The van der Waals surface area contributed by atoms with E-state index in [0.717, 1.165) is 19.3 Å². The summed E-state index contributed by atoms with van der Waals surface area (Å²) in [6, 6.07) is 0. The molecule has 11 heavy (non-hydrogen) atoms. The molecule has 0 fully saturated rings. The van der Waals surface area contributed by atoms with Crippen molar-refractivity contribution < 1.29 is 9.53 Å². The zero-order valence-electron chi connectivity index (χ0n) is 7.85. The maximum atomic E-state index is 10.7. The minimum atomic E-state index is -0.0593. The molecule has 61 valence electrons. The van der Waals surface area contributed by atoms with E-state index < -0.39 is 0 Å². The van der Waals surface area contributed by atoms with Crippen LogP contribution in [0.15, 0.2) is 0 Å². The van der Waals surface area contributed by atoms with Crippen LogP contribution in [0.1, 0.15) is 39.5 Å². The van der Waals surface area contributed by atoms with Crippen LogP contribution in [0.5, 0.6) is 0 Å². The van der Waals surface area contributed by atoms with Crippen molar-refractivity contribution in [2.45, 2.75) is 39.5 Å². The van der Waals surface area contributed by atoms with Crippen LogP contribution < -0.4 is 0 Å². The van der Waals surface area contributed by atoms with Crippen molar-refractivity contribution >= 4 is 74.9 Å². The first-order valence-electron chi connectivity index (χ1n) is 3.96. The van der Waals surface area contributed by atoms with Crippen LogP contribution >= 0.6 is 0 Å². The van der Waals surface area contributed by atoms with E-state index >= 15 is 0 Å². The number of unbranched alkanes of at least 4 members (excludes halogenated alkanes) is 2. The van der Waals surface area contributed by atoms with Gasteiger partial charge in [-0.1, -0.05) is 19.8 Å². The zero-order chi connectivity index (χ0) is 7.82. The van der Waals surface area contributed by atoms with Gasteiger partial charge in [-0.25, -0.2) is 0 Å². The molecule has 0 saturated carbocycles. The monoisotopic (exact) mass is 277 g/mol. The maximum absolute atomic E-state index is 10.7. The van der Waals surface area contributed by atoms with Crippen molar-refractivity contribution in [2.24, 2.45) is 0 Å². The first-order valence-corrected chi connectivity index (χ1v) is 3.96. The molecule has 0 aromatic heterocycles. The standard InChI is InChI=1S/C8H16O2.Cs/c1-3-5-6-7-8(9)10-4-2;/h3-7H2,1-2H3;. The number of carbonyl (C=O) groups excluding carboxylic acids is 1. The van der Waals surface area contributed by atoms with Gasteiger partial charge >= 0.3 is 5.97 Å². The van der Waals surface area contributed by atoms with Crippen molar-refractivity contribution in [3.63, 3.8) is 0 Å². The van der Waals surface area contributed by atoms with Crippen LogP contribution in [-0.4, -0.2) is 81.5 Å². The minimum Gasteiger partial charge on any atom is -0.466 e. The molecule has 3 heteroatoms. The first kappa shape index (κ1) is 15.0. The average Bonchev–Trinajstić information content (AvgIpc) is 1.89. The summed E-state index contributed by atoms with van der Waals surface area (Å²) < 4.78 is 4.75. The third kappa shape index (κ3) is 11.5. The van der Waals surface area contributed by atoms with Crippen molar-refractivity contribution in [1.82, 2.24) is 0 Å². The molecule has 0 N–H and O–H groups in total. The van der Waals surface area contributed by atoms with Crippen molar-refractivity contribution in [2.75, 3.05) is 6.61 Å². The van der Waals surface area contributed by atoms with Gasteiger partial charge in [0.2, 0.25) is 0 Å². The molecule has 0 spiro atoms. The largest absolute Gasteiger partial charge is 0.466 e. The van der Waals surface area contributed by atoms with Crippen LogP contribution in [0.3, 0.4) is 0 Å². The van der Waals surface area contributed by atoms with Gasteiger partial charge in [0.25, 0.3) is 0 Å². The van der Waals surface area contributed by atoms with E-state index in [1.165, 1.54) is 0 Å². The number of ether oxygens (including phenoxy) is 1. The van der Waals surface area contributed by atoms with Gasteiger partial charge in [0.1, 0.15) is 0 Å². The van der Waals surface area contributed by atoms with E-state index in [0.29, 0.717) is 13.0 Å². The van der Waals surface area contributed by atoms with Crippen LogP contribution in [-0.2, 0) is 9.53 Å². The van der Waals surface area contributed by atoms with Crippen LogP contribution in [0.2, 0.25) is 0 Å². The molecular formula is C8H16CsO2. The second-order valence-corrected chi connectivity index (χ2v) is 2.26. The topological polar surface area (TPSA) is 26.3 Å². The Morgan fingerprint density at radius 2 is 1.91 bits per heavy atom. The average molecular weight is 277 g/mol. The summed E-state index contributed by atoms with van der Waals surface area (Å²) in [6.07, 6.45) is 3.83. The molecule has 0 atom stereocenters. The summed E-state index contributed by atoms with van der Waals surface area (Å²) in [6.45, 7) is 4.45. The second kappa shape index (κ2) is 11.5. The summed E-state index contributed by atoms with van der Waals surface area (Å²) in [5.41, 5.74) is 0.